The molecule has 0 bridgehead atoms. The lowest BCUT2D eigenvalue weighted by molar-refractivity contribution is 0.0899. The number of nitrogens with one attached hydrogen (secondary N) is 3. The van der Waals surface area contributed by atoms with Gasteiger partial charge in [-0.1, -0.05) is 19.6 Å². The first kappa shape index (κ1) is 27.9. The maximum Gasteiger partial charge on any atom is 0.320 e. The summed E-state index contributed by atoms with van der Waals surface area (Å²) in [5.74, 6) is 0.443. The Balaban J connectivity index is 0.00000261. The van der Waals surface area contributed by atoms with Crippen molar-refractivity contribution in [2.24, 2.45) is 0 Å². The molecule has 166 valence electrons. The average molecular weight is 486 g/mol. The zero-order valence-electron chi connectivity index (χ0n) is 16.9. The van der Waals surface area contributed by atoms with Crippen LogP contribution in [0.2, 0.25) is 25.7 Å². The number of rotatable bonds is 7. The van der Waals surface area contributed by atoms with Gasteiger partial charge in [-0.15, -0.1) is 37.2 Å². The van der Waals surface area contributed by atoms with E-state index in [9.17, 15) is 4.79 Å². The van der Waals surface area contributed by atoms with Crippen molar-refractivity contribution in [1.29, 1.82) is 0 Å². The molecule has 3 heterocycles. The summed E-state index contributed by atoms with van der Waals surface area (Å²) in [6, 6.07) is 2.94. The number of urea groups is 1. The molecule has 8 nitrogen and oxygen atoms in total. The highest BCUT2D eigenvalue weighted by molar-refractivity contribution is 6.76. The summed E-state index contributed by atoms with van der Waals surface area (Å²) >= 11 is 0. The van der Waals surface area contributed by atoms with Gasteiger partial charge in [-0.3, -0.25) is 5.32 Å². The Morgan fingerprint density at radius 2 is 2.10 bits per heavy atom. The van der Waals surface area contributed by atoms with Crippen LogP contribution in [-0.2, 0) is 11.5 Å². The van der Waals surface area contributed by atoms with Gasteiger partial charge < -0.3 is 19.9 Å². The molecule has 3 N–H and O–H groups in total. The molecule has 1 aliphatic heterocycles. The lowest BCUT2D eigenvalue weighted by atomic mass is 10.3. The van der Waals surface area contributed by atoms with Crippen LogP contribution in [-0.4, -0.2) is 54.4 Å². The standard InChI is InChI=1S/C17H28N6O2Si.3ClH/c1-26(2,3)9-8-25-12-23-7-5-14-16(23)19-11-15(21-14)22-17(24)20-13-4-6-18-10-13;;;/h5,7,11,13,18H,4,6,8-10,12H2,1-3H3,(H2,20,21,22,24);3*1H/t13-;;;/m0.../s1. The van der Waals surface area contributed by atoms with E-state index in [2.05, 4.69) is 45.6 Å². The van der Waals surface area contributed by atoms with Crippen molar-refractivity contribution < 1.29 is 9.53 Å². The molecule has 1 aliphatic rings. The molecule has 1 saturated heterocycles. The van der Waals surface area contributed by atoms with E-state index in [1.807, 2.05) is 16.8 Å². The zero-order chi connectivity index (χ0) is 18.6. The SMILES string of the molecule is C[Si](C)(C)CCOCn1ccc2nc(NC(=O)N[C@H]3CCNC3)cnc21.Cl.Cl.Cl. The number of aromatic nitrogens is 3. The predicted molar refractivity (Wildman–Crippen MR) is 127 cm³/mol. The number of fused-ring (bicyclic) bond motifs is 1. The minimum Gasteiger partial charge on any atom is -0.361 e. The highest BCUT2D eigenvalue weighted by atomic mass is 35.5. The van der Waals surface area contributed by atoms with E-state index in [0.717, 1.165) is 43.3 Å². The van der Waals surface area contributed by atoms with Crippen LogP contribution < -0.4 is 16.0 Å². The number of carbonyl (C=O) groups is 1. The topological polar surface area (TPSA) is 93.1 Å². The normalized spacial score (nSPS) is 15.8. The summed E-state index contributed by atoms with van der Waals surface area (Å²) in [5.41, 5.74) is 1.49. The first-order chi connectivity index (χ1) is 12.4. The van der Waals surface area contributed by atoms with Crippen molar-refractivity contribution in [3.63, 3.8) is 0 Å². The van der Waals surface area contributed by atoms with Crippen molar-refractivity contribution in [2.45, 2.75) is 44.9 Å². The largest absolute Gasteiger partial charge is 0.361 e. The number of carbonyl (C=O) groups excluding carboxylic acids is 1. The number of halogens is 3. The van der Waals surface area contributed by atoms with Gasteiger partial charge in [0.15, 0.2) is 11.5 Å². The van der Waals surface area contributed by atoms with Gasteiger partial charge >= 0.3 is 6.03 Å². The molecule has 2 aromatic heterocycles. The van der Waals surface area contributed by atoms with Gasteiger partial charge in [0.05, 0.1) is 6.20 Å². The minimum atomic E-state index is -1.08. The van der Waals surface area contributed by atoms with E-state index in [0.29, 0.717) is 12.5 Å². The molecule has 0 spiro atoms. The second kappa shape index (κ2) is 12.6. The molecular formula is C17H31Cl3N6O2Si. The molecule has 29 heavy (non-hydrogen) atoms. The monoisotopic (exact) mass is 484 g/mol. The third-order valence-corrected chi connectivity index (χ3v) is 6.03. The second-order valence-corrected chi connectivity index (χ2v) is 13.5. The fourth-order valence-electron chi connectivity index (χ4n) is 2.78. The summed E-state index contributed by atoms with van der Waals surface area (Å²) in [5, 5.41) is 8.89. The van der Waals surface area contributed by atoms with Gasteiger partial charge in [0, 0.05) is 33.5 Å². The molecule has 0 aliphatic carbocycles. The van der Waals surface area contributed by atoms with Gasteiger partial charge in [-0.25, -0.2) is 14.8 Å². The average Bonchev–Trinajstić information content (AvgIpc) is 3.20. The number of hydrogen-bond acceptors (Lipinski definition) is 5. The van der Waals surface area contributed by atoms with Crippen LogP contribution >= 0.6 is 37.2 Å². The number of anilines is 1. The van der Waals surface area contributed by atoms with Crippen molar-refractivity contribution in [3.8, 4) is 0 Å². The maximum atomic E-state index is 12.0. The highest BCUT2D eigenvalue weighted by Gasteiger charge is 2.17. The maximum absolute atomic E-state index is 12.0. The molecular weight excluding hydrogens is 455 g/mol. The van der Waals surface area contributed by atoms with E-state index in [1.54, 1.807) is 6.20 Å². The molecule has 0 saturated carbocycles. The van der Waals surface area contributed by atoms with Crippen molar-refractivity contribution in [2.75, 3.05) is 25.0 Å². The predicted octanol–water partition coefficient (Wildman–Crippen LogP) is 3.49. The fraction of sp³-hybridized carbons (Fsp3) is 0.588. The Morgan fingerprint density at radius 1 is 1.34 bits per heavy atom. The molecule has 0 aromatic carbocycles. The molecule has 2 amide bonds. The molecule has 3 rings (SSSR count). The lowest BCUT2D eigenvalue weighted by Crippen LogP contribution is -2.39. The van der Waals surface area contributed by atoms with Crippen molar-refractivity contribution >= 4 is 68.3 Å². The van der Waals surface area contributed by atoms with Crippen molar-refractivity contribution in [3.05, 3.63) is 18.5 Å². The third-order valence-electron chi connectivity index (χ3n) is 4.33. The summed E-state index contributed by atoms with van der Waals surface area (Å²) in [7, 11) is -1.08. The number of hydrogen-bond donors (Lipinski definition) is 3. The minimum absolute atomic E-state index is 0. The van der Waals surface area contributed by atoms with Crippen LogP contribution in [0.15, 0.2) is 18.5 Å². The summed E-state index contributed by atoms with van der Waals surface area (Å²) in [4.78, 5) is 20.9. The first-order valence-electron chi connectivity index (χ1n) is 9.09. The number of nitrogens with zero attached hydrogens (tertiary/aromatic N) is 3. The Morgan fingerprint density at radius 3 is 2.76 bits per heavy atom. The van der Waals surface area contributed by atoms with Crippen LogP contribution in [0, 0.1) is 0 Å². The Labute approximate surface area is 191 Å². The van der Waals surface area contributed by atoms with Crippen molar-refractivity contribution in [1.82, 2.24) is 25.2 Å². The van der Waals surface area contributed by atoms with E-state index < -0.39 is 8.07 Å². The Kier molecular flexibility index (Phi) is 12.1. The van der Waals surface area contributed by atoms with Gasteiger partial charge in [0.25, 0.3) is 0 Å². The molecule has 2 aromatic rings. The summed E-state index contributed by atoms with van der Waals surface area (Å²) in [6.45, 7) is 9.97. The number of ether oxygens (including phenoxy) is 1. The summed E-state index contributed by atoms with van der Waals surface area (Å²) < 4.78 is 7.71. The second-order valence-electron chi connectivity index (χ2n) is 7.89. The van der Waals surface area contributed by atoms with E-state index in [1.165, 1.54) is 0 Å². The quantitative estimate of drug-likeness (QED) is 0.412. The zero-order valence-corrected chi connectivity index (χ0v) is 20.4. The first-order valence-corrected chi connectivity index (χ1v) is 12.8. The lowest BCUT2D eigenvalue weighted by Gasteiger charge is -2.15. The fourth-order valence-corrected chi connectivity index (χ4v) is 3.54. The van der Waals surface area contributed by atoms with E-state index >= 15 is 0 Å². The third kappa shape index (κ3) is 8.65. The number of amides is 2. The van der Waals surface area contributed by atoms with E-state index in [-0.39, 0.29) is 49.3 Å². The Hall–Kier alpha value is -1.10. The van der Waals surface area contributed by atoms with Crippen LogP contribution in [0.5, 0.6) is 0 Å². The highest BCUT2D eigenvalue weighted by Crippen LogP contribution is 2.14. The van der Waals surface area contributed by atoms with Crippen LogP contribution in [0.3, 0.4) is 0 Å². The molecule has 0 unspecified atom stereocenters. The van der Waals surface area contributed by atoms with Crippen LogP contribution in [0.1, 0.15) is 6.42 Å². The molecule has 0 radical (unpaired) electrons. The molecule has 1 fully saturated rings. The van der Waals surface area contributed by atoms with Gasteiger partial charge in [-0.05, 0) is 25.1 Å². The van der Waals surface area contributed by atoms with Gasteiger partial charge in [0.1, 0.15) is 12.2 Å². The molecule has 1 atom stereocenters. The summed E-state index contributed by atoms with van der Waals surface area (Å²) in [6.07, 6.45) is 4.43. The molecule has 12 heteroatoms. The van der Waals surface area contributed by atoms with E-state index in [4.69, 9.17) is 4.74 Å². The smallest absolute Gasteiger partial charge is 0.320 e. The van der Waals surface area contributed by atoms with Crippen LogP contribution in [0.25, 0.3) is 11.2 Å². The van der Waals surface area contributed by atoms with Gasteiger partial charge in [-0.2, -0.15) is 0 Å². The Bertz CT molecular complexity index is 765. The van der Waals surface area contributed by atoms with Gasteiger partial charge in [0.2, 0.25) is 0 Å². The van der Waals surface area contributed by atoms with Crippen LogP contribution in [0.4, 0.5) is 10.6 Å².